The quantitative estimate of drug-likeness (QED) is 0.583. The van der Waals surface area contributed by atoms with E-state index in [-0.39, 0.29) is 0 Å². The van der Waals surface area contributed by atoms with Crippen LogP contribution in [0.25, 0.3) is 0 Å². The van der Waals surface area contributed by atoms with Crippen LogP contribution in [0.15, 0.2) is 0 Å². The zero-order chi connectivity index (χ0) is 7.11. The summed E-state index contributed by atoms with van der Waals surface area (Å²) in [4.78, 5) is 0.780. The molecule has 0 nitrogen and oxygen atoms in total. The minimum atomic E-state index is 0.780. The van der Waals surface area contributed by atoms with E-state index in [1.165, 1.54) is 32.1 Å². The van der Waals surface area contributed by atoms with Crippen molar-refractivity contribution >= 4 is 15.9 Å². The molecule has 0 aliphatic rings. The van der Waals surface area contributed by atoms with Gasteiger partial charge in [-0.2, -0.15) is 0 Å². The van der Waals surface area contributed by atoms with E-state index < -0.39 is 0 Å². The molecule has 0 N–H and O–H groups in total. The lowest BCUT2D eigenvalue weighted by Crippen LogP contribution is -1.95. The van der Waals surface area contributed by atoms with Crippen molar-refractivity contribution in [1.82, 2.24) is 0 Å². The van der Waals surface area contributed by atoms with Gasteiger partial charge in [-0.3, -0.25) is 0 Å². The number of rotatable bonds is 5. The first-order valence-corrected chi connectivity index (χ1v) is 4.86. The second-order valence-corrected chi connectivity index (χ2v) is 3.82. The van der Waals surface area contributed by atoms with E-state index in [1.54, 1.807) is 0 Å². The lowest BCUT2D eigenvalue weighted by atomic mass is 10.1. The molecule has 9 heavy (non-hydrogen) atoms. The van der Waals surface area contributed by atoms with Crippen LogP contribution in [-0.4, -0.2) is 4.83 Å². The van der Waals surface area contributed by atoms with Crippen molar-refractivity contribution in [2.75, 3.05) is 0 Å². The van der Waals surface area contributed by atoms with Crippen LogP contribution in [0.4, 0.5) is 0 Å². The molecule has 0 fully saturated rings. The lowest BCUT2D eigenvalue weighted by molar-refractivity contribution is 0.646. The summed E-state index contributed by atoms with van der Waals surface area (Å²) in [5.41, 5.74) is 0. The van der Waals surface area contributed by atoms with Crippen LogP contribution in [0.1, 0.15) is 46.0 Å². The molecule has 0 spiro atoms. The van der Waals surface area contributed by atoms with E-state index in [9.17, 15) is 0 Å². The average Bonchev–Trinajstić information content (AvgIpc) is 1.85. The van der Waals surface area contributed by atoms with Gasteiger partial charge in [-0.05, 0) is 12.8 Å². The van der Waals surface area contributed by atoms with E-state index >= 15 is 0 Å². The zero-order valence-corrected chi connectivity index (χ0v) is 8.08. The first kappa shape index (κ1) is 9.48. The van der Waals surface area contributed by atoms with Gasteiger partial charge in [-0.25, -0.2) is 0 Å². The summed E-state index contributed by atoms with van der Waals surface area (Å²) >= 11 is 3.64. The summed E-state index contributed by atoms with van der Waals surface area (Å²) in [7, 11) is 0. The zero-order valence-electron chi connectivity index (χ0n) is 6.49. The molecule has 0 rings (SSSR count). The summed E-state index contributed by atoms with van der Waals surface area (Å²) in [5.74, 6) is 0. The summed E-state index contributed by atoms with van der Waals surface area (Å²) in [6, 6.07) is 0. The topological polar surface area (TPSA) is 0 Å². The molecule has 0 amide bonds. The van der Waals surface area contributed by atoms with Crippen molar-refractivity contribution in [1.29, 1.82) is 0 Å². The van der Waals surface area contributed by atoms with Crippen molar-refractivity contribution < 1.29 is 0 Å². The molecule has 1 atom stereocenters. The SMILES string of the molecule is CCCC[C@@H](Br)CCC. The molecule has 0 unspecified atom stereocenters. The number of hydrogen-bond acceptors (Lipinski definition) is 0. The molecule has 0 aliphatic carbocycles. The molecular weight excluding hydrogens is 176 g/mol. The van der Waals surface area contributed by atoms with Gasteiger partial charge in [0.1, 0.15) is 0 Å². The molecule has 0 aromatic rings. The number of halogens is 1. The second kappa shape index (κ2) is 6.60. The van der Waals surface area contributed by atoms with Crippen LogP contribution in [-0.2, 0) is 0 Å². The fourth-order valence-electron chi connectivity index (χ4n) is 0.883. The molecule has 0 radical (unpaired) electrons. The fraction of sp³-hybridized carbons (Fsp3) is 1.00. The highest BCUT2D eigenvalue weighted by Crippen LogP contribution is 2.14. The molecule has 0 saturated heterocycles. The van der Waals surface area contributed by atoms with Crippen molar-refractivity contribution in [2.45, 2.75) is 50.8 Å². The maximum Gasteiger partial charge on any atom is 0.0145 e. The Morgan fingerprint density at radius 1 is 1.11 bits per heavy atom. The Morgan fingerprint density at radius 3 is 2.22 bits per heavy atom. The molecule has 0 heterocycles. The summed E-state index contributed by atoms with van der Waals surface area (Å²) < 4.78 is 0. The third-order valence-electron chi connectivity index (χ3n) is 1.47. The van der Waals surface area contributed by atoms with Gasteiger partial charge in [0.05, 0.1) is 0 Å². The first-order valence-electron chi connectivity index (χ1n) is 3.95. The molecule has 1 heteroatoms. The Morgan fingerprint density at radius 2 is 1.78 bits per heavy atom. The van der Waals surface area contributed by atoms with E-state index in [0.717, 1.165) is 4.83 Å². The van der Waals surface area contributed by atoms with Crippen LogP contribution >= 0.6 is 15.9 Å². The van der Waals surface area contributed by atoms with Crippen LogP contribution < -0.4 is 0 Å². The normalized spacial score (nSPS) is 13.7. The Kier molecular flexibility index (Phi) is 6.95. The maximum absolute atomic E-state index is 3.64. The van der Waals surface area contributed by atoms with Gasteiger partial charge in [0, 0.05) is 4.83 Å². The van der Waals surface area contributed by atoms with Crippen LogP contribution in [0.3, 0.4) is 0 Å². The van der Waals surface area contributed by atoms with Gasteiger partial charge in [-0.1, -0.05) is 49.0 Å². The molecule has 0 aromatic heterocycles. The predicted octanol–water partition coefficient (Wildman–Crippen LogP) is 3.74. The molecule has 0 bridgehead atoms. The van der Waals surface area contributed by atoms with Gasteiger partial charge >= 0.3 is 0 Å². The molecular formula is C8H17Br. The molecule has 0 aliphatic heterocycles. The third-order valence-corrected chi connectivity index (χ3v) is 2.39. The average molecular weight is 193 g/mol. The Bertz CT molecular complexity index is 52.5. The standard InChI is InChI=1S/C8H17Br/c1-3-5-7-8(9)6-4-2/h8H,3-7H2,1-2H3/t8-/m0/s1. The Hall–Kier alpha value is 0.480. The first-order chi connectivity index (χ1) is 4.31. The minimum absolute atomic E-state index is 0.780. The van der Waals surface area contributed by atoms with E-state index in [1.807, 2.05) is 0 Å². The third kappa shape index (κ3) is 6.36. The molecule has 56 valence electrons. The number of hydrogen-bond donors (Lipinski definition) is 0. The Labute approximate surface area is 67.2 Å². The van der Waals surface area contributed by atoms with Crippen molar-refractivity contribution in [3.63, 3.8) is 0 Å². The monoisotopic (exact) mass is 192 g/mol. The van der Waals surface area contributed by atoms with Gasteiger partial charge in [0.2, 0.25) is 0 Å². The highest BCUT2D eigenvalue weighted by Gasteiger charge is 1.99. The van der Waals surface area contributed by atoms with Crippen LogP contribution in [0.5, 0.6) is 0 Å². The summed E-state index contributed by atoms with van der Waals surface area (Å²) in [6.45, 7) is 4.48. The summed E-state index contributed by atoms with van der Waals surface area (Å²) in [6.07, 6.45) is 6.69. The van der Waals surface area contributed by atoms with Gasteiger partial charge < -0.3 is 0 Å². The lowest BCUT2D eigenvalue weighted by Gasteiger charge is -2.05. The predicted molar refractivity (Wildman–Crippen MR) is 47.1 cm³/mol. The van der Waals surface area contributed by atoms with E-state index in [2.05, 4.69) is 29.8 Å². The maximum atomic E-state index is 3.64. The minimum Gasteiger partial charge on any atom is -0.0891 e. The fourth-order valence-corrected chi connectivity index (χ4v) is 1.66. The van der Waals surface area contributed by atoms with Crippen molar-refractivity contribution in [3.05, 3.63) is 0 Å². The largest absolute Gasteiger partial charge is 0.0891 e. The van der Waals surface area contributed by atoms with Gasteiger partial charge in [0.15, 0.2) is 0 Å². The van der Waals surface area contributed by atoms with Crippen LogP contribution in [0.2, 0.25) is 0 Å². The molecule has 0 saturated carbocycles. The van der Waals surface area contributed by atoms with E-state index in [4.69, 9.17) is 0 Å². The number of unbranched alkanes of at least 4 members (excludes halogenated alkanes) is 1. The smallest absolute Gasteiger partial charge is 0.0145 e. The second-order valence-electron chi connectivity index (χ2n) is 2.53. The highest BCUT2D eigenvalue weighted by molar-refractivity contribution is 9.09. The van der Waals surface area contributed by atoms with Gasteiger partial charge in [-0.15, -0.1) is 0 Å². The van der Waals surface area contributed by atoms with E-state index in [0.29, 0.717) is 0 Å². The number of alkyl halides is 1. The highest BCUT2D eigenvalue weighted by atomic mass is 79.9. The van der Waals surface area contributed by atoms with Gasteiger partial charge in [0.25, 0.3) is 0 Å². The van der Waals surface area contributed by atoms with Crippen molar-refractivity contribution in [3.8, 4) is 0 Å². The Balaban J connectivity index is 2.95. The summed E-state index contributed by atoms with van der Waals surface area (Å²) in [5, 5.41) is 0. The van der Waals surface area contributed by atoms with Crippen LogP contribution in [0, 0.1) is 0 Å². The van der Waals surface area contributed by atoms with Crippen molar-refractivity contribution in [2.24, 2.45) is 0 Å². The molecule has 0 aromatic carbocycles.